The van der Waals surface area contributed by atoms with Crippen molar-refractivity contribution in [3.05, 3.63) is 65.2 Å². The molecular formula is C18H19N3O2. The number of hydrazone groups is 1. The Morgan fingerprint density at radius 3 is 2.30 bits per heavy atom. The van der Waals surface area contributed by atoms with Gasteiger partial charge in [-0.15, -0.1) is 0 Å². The number of benzene rings is 2. The van der Waals surface area contributed by atoms with E-state index in [2.05, 4.69) is 15.8 Å². The van der Waals surface area contributed by atoms with Crippen molar-refractivity contribution in [2.75, 3.05) is 5.32 Å². The molecule has 2 amide bonds. The van der Waals surface area contributed by atoms with Crippen LogP contribution in [0.5, 0.6) is 0 Å². The second kappa shape index (κ2) is 7.35. The van der Waals surface area contributed by atoms with Crippen molar-refractivity contribution in [3.8, 4) is 0 Å². The van der Waals surface area contributed by atoms with Crippen LogP contribution in [0.3, 0.4) is 0 Å². The van der Waals surface area contributed by atoms with Crippen LogP contribution in [0, 0.1) is 6.92 Å². The summed E-state index contributed by atoms with van der Waals surface area (Å²) < 4.78 is 0. The van der Waals surface area contributed by atoms with Crippen molar-refractivity contribution in [1.29, 1.82) is 0 Å². The monoisotopic (exact) mass is 309 g/mol. The Morgan fingerprint density at radius 2 is 1.65 bits per heavy atom. The van der Waals surface area contributed by atoms with E-state index in [0.717, 1.165) is 11.1 Å². The lowest BCUT2D eigenvalue weighted by molar-refractivity contribution is -0.114. The van der Waals surface area contributed by atoms with Gasteiger partial charge in [0.1, 0.15) is 0 Å². The van der Waals surface area contributed by atoms with E-state index < -0.39 is 0 Å². The molecule has 0 aromatic heterocycles. The second-order valence-electron chi connectivity index (χ2n) is 5.27. The Hall–Kier alpha value is -2.95. The molecule has 0 aliphatic heterocycles. The SMILES string of the molecule is CC(=O)Nc1cccc(/C(C)=N\NC(=O)c2ccc(C)cc2)c1. The zero-order valence-electron chi connectivity index (χ0n) is 13.4. The number of carbonyl (C=O) groups is 2. The van der Waals surface area contributed by atoms with Crippen LogP contribution < -0.4 is 10.7 Å². The third kappa shape index (κ3) is 4.78. The summed E-state index contributed by atoms with van der Waals surface area (Å²) in [4.78, 5) is 23.1. The van der Waals surface area contributed by atoms with Crippen LogP contribution in [0.25, 0.3) is 0 Å². The molecule has 0 aliphatic rings. The van der Waals surface area contributed by atoms with Crippen molar-refractivity contribution in [2.45, 2.75) is 20.8 Å². The number of amides is 2. The summed E-state index contributed by atoms with van der Waals surface area (Å²) in [5, 5.41) is 6.83. The Bertz CT molecular complexity index is 749. The van der Waals surface area contributed by atoms with E-state index >= 15 is 0 Å². The van der Waals surface area contributed by atoms with Crippen LogP contribution in [-0.2, 0) is 4.79 Å². The molecule has 5 heteroatoms. The van der Waals surface area contributed by atoms with Crippen molar-refractivity contribution < 1.29 is 9.59 Å². The van der Waals surface area contributed by atoms with Gasteiger partial charge in [0, 0.05) is 18.2 Å². The van der Waals surface area contributed by atoms with E-state index in [-0.39, 0.29) is 11.8 Å². The maximum atomic E-state index is 12.0. The molecule has 0 saturated heterocycles. The summed E-state index contributed by atoms with van der Waals surface area (Å²) in [5.74, 6) is -0.396. The molecule has 0 saturated carbocycles. The summed E-state index contributed by atoms with van der Waals surface area (Å²) in [5.41, 5.74) is 6.35. The van der Waals surface area contributed by atoms with Gasteiger partial charge in [-0.05, 0) is 43.7 Å². The summed E-state index contributed by atoms with van der Waals surface area (Å²) in [7, 11) is 0. The maximum Gasteiger partial charge on any atom is 0.271 e. The maximum absolute atomic E-state index is 12.0. The Labute approximate surface area is 135 Å². The standard InChI is InChI=1S/C18H19N3O2/c1-12-7-9-15(10-8-12)18(23)21-20-13(2)16-5-4-6-17(11-16)19-14(3)22/h4-11H,1-3H3,(H,19,22)(H,21,23)/b20-13-. The van der Waals surface area contributed by atoms with Gasteiger partial charge in [0.2, 0.25) is 5.91 Å². The van der Waals surface area contributed by atoms with Gasteiger partial charge in [0.05, 0.1) is 5.71 Å². The molecule has 118 valence electrons. The second-order valence-corrected chi connectivity index (χ2v) is 5.27. The van der Waals surface area contributed by atoms with Crippen molar-refractivity contribution in [1.82, 2.24) is 5.43 Å². The van der Waals surface area contributed by atoms with Crippen molar-refractivity contribution in [3.63, 3.8) is 0 Å². The molecule has 0 aliphatic carbocycles. The smallest absolute Gasteiger partial charge is 0.271 e. The summed E-state index contributed by atoms with van der Waals surface area (Å²) in [6.07, 6.45) is 0. The number of carbonyl (C=O) groups excluding carboxylic acids is 2. The zero-order chi connectivity index (χ0) is 16.8. The lowest BCUT2D eigenvalue weighted by Crippen LogP contribution is -2.19. The number of rotatable bonds is 4. The molecule has 0 radical (unpaired) electrons. The van der Waals surface area contributed by atoms with Crippen LogP contribution in [-0.4, -0.2) is 17.5 Å². The number of hydrogen-bond donors (Lipinski definition) is 2. The van der Waals surface area contributed by atoms with E-state index in [4.69, 9.17) is 0 Å². The first-order chi connectivity index (χ1) is 11.0. The summed E-state index contributed by atoms with van der Waals surface area (Å²) in [6, 6.07) is 14.6. The lowest BCUT2D eigenvalue weighted by atomic mass is 10.1. The number of hydrogen-bond acceptors (Lipinski definition) is 3. The molecule has 2 rings (SSSR count). The molecule has 0 spiro atoms. The molecular weight excluding hydrogens is 290 g/mol. The van der Waals surface area contributed by atoms with Gasteiger partial charge in [-0.25, -0.2) is 5.43 Å². The van der Waals surface area contributed by atoms with E-state index in [1.54, 1.807) is 31.2 Å². The van der Waals surface area contributed by atoms with Crippen LogP contribution in [0.15, 0.2) is 53.6 Å². The number of anilines is 1. The molecule has 23 heavy (non-hydrogen) atoms. The first kappa shape index (κ1) is 16.4. The highest BCUT2D eigenvalue weighted by molar-refractivity contribution is 6.02. The summed E-state index contributed by atoms with van der Waals surface area (Å²) >= 11 is 0. The molecule has 0 heterocycles. The topological polar surface area (TPSA) is 70.6 Å². The fourth-order valence-corrected chi connectivity index (χ4v) is 1.99. The molecule has 0 bridgehead atoms. The Kier molecular flexibility index (Phi) is 5.25. The van der Waals surface area contributed by atoms with Crippen LogP contribution >= 0.6 is 0 Å². The van der Waals surface area contributed by atoms with Gasteiger partial charge in [-0.2, -0.15) is 5.10 Å². The quantitative estimate of drug-likeness (QED) is 0.673. The summed E-state index contributed by atoms with van der Waals surface area (Å²) in [6.45, 7) is 5.21. The highest BCUT2D eigenvalue weighted by atomic mass is 16.2. The highest BCUT2D eigenvalue weighted by Crippen LogP contribution is 2.11. The minimum atomic E-state index is -0.262. The highest BCUT2D eigenvalue weighted by Gasteiger charge is 2.05. The fourth-order valence-electron chi connectivity index (χ4n) is 1.99. The average Bonchev–Trinajstić information content (AvgIpc) is 2.52. The molecule has 2 N–H and O–H groups in total. The van der Waals surface area contributed by atoms with E-state index in [1.165, 1.54) is 6.92 Å². The molecule has 0 atom stereocenters. The first-order valence-electron chi connectivity index (χ1n) is 7.25. The van der Waals surface area contributed by atoms with Gasteiger partial charge < -0.3 is 5.32 Å². The van der Waals surface area contributed by atoms with E-state index in [1.807, 2.05) is 31.2 Å². The van der Waals surface area contributed by atoms with Gasteiger partial charge in [0.15, 0.2) is 0 Å². The van der Waals surface area contributed by atoms with Crippen LogP contribution in [0.4, 0.5) is 5.69 Å². The van der Waals surface area contributed by atoms with Crippen LogP contribution in [0.2, 0.25) is 0 Å². The van der Waals surface area contributed by atoms with Gasteiger partial charge in [0.25, 0.3) is 5.91 Å². The van der Waals surface area contributed by atoms with Crippen LogP contribution in [0.1, 0.15) is 35.3 Å². The molecule has 2 aromatic rings. The predicted molar refractivity (Wildman–Crippen MR) is 91.6 cm³/mol. The van der Waals surface area contributed by atoms with Gasteiger partial charge in [-0.1, -0.05) is 29.8 Å². The van der Waals surface area contributed by atoms with Crippen molar-refractivity contribution in [2.24, 2.45) is 5.10 Å². The van der Waals surface area contributed by atoms with Gasteiger partial charge >= 0.3 is 0 Å². The molecule has 5 nitrogen and oxygen atoms in total. The molecule has 0 fully saturated rings. The first-order valence-corrected chi connectivity index (χ1v) is 7.25. The Balaban J connectivity index is 2.09. The number of nitrogens with one attached hydrogen (secondary N) is 2. The largest absolute Gasteiger partial charge is 0.326 e. The lowest BCUT2D eigenvalue weighted by Gasteiger charge is -2.06. The average molecular weight is 309 g/mol. The van der Waals surface area contributed by atoms with Crippen molar-refractivity contribution >= 4 is 23.2 Å². The molecule has 0 unspecified atom stereocenters. The number of nitrogens with zero attached hydrogens (tertiary/aromatic N) is 1. The van der Waals surface area contributed by atoms with Gasteiger partial charge in [-0.3, -0.25) is 9.59 Å². The minimum Gasteiger partial charge on any atom is -0.326 e. The van der Waals surface area contributed by atoms with E-state index in [0.29, 0.717) is 17.0 Å². The van der Waals surface area contributed by atoms with E-state index in [9.17, 15) is 9.59 Å². The third-order valence-electron chi connectivity index (χ3n) is 3.24. The predicted octanol–water partition coefficient (Wildman–Crippen LogP) is 3.11. The normalized spacial score (nSPS) is 11.0. The minimum absolute atomic E-state index is 0.135. The molecule has 2 aromatic carbocycles. The third-order valence-corrected chi connectivity index (χ3v) is 3.24. The fraction of sp³-hybridized carbons (Fsp3) is 0.167. The Morgan fingerprint density at radius 1 is 0.957 bits per heavy atom. The zero-order valence-corrected chi connectivity index (χ0v) is 13.4. The number of aryl methyl sites for hydroxylation is 1.